The Bertz CT molecular complexity index is 678. The fraction of sp³-hybridized carbons (Fsp3) is 0.773. The number of likely N-dealkylation sites (N-methyl/N-ethyl adjacent to an activating group) is 1. The summed E-state index contributed by atoms with van der Waals surface area (Å²) >= 11 is 0. The summed E-state index contributed by atoms with van der Waals surface area (Å²) in [6.45, 7) is 7.52. The van der Waals surface area contributed by atoms with Crippen LogP contribution in [0.4, 0.5) is 0 Å². The van der Waals surface area contributed by atoms with Crippen LogP contribution in [0.1, 0.15) is 19.3 Å². The van der Waals surface area contributed by atoms with Gasteiger partial charge in [-0.15, -0.1) is 0 Å². The van der Waals surface area contributed by atoms with E-state index in [1.807, 2.05) is 0 Å². The summed E-state index contributed by atoms with van der Waals surface area (Å²) in [6, 6.07) is 0. The minimum absolute atomic E-state index is 0.0229. The minimum Gasteiger partial charge on any atom is -0.356 e. The number of hydrogen-bond donors (Lipinski definition) is 2. The smallest absolute Gasteiger partial charge is 0.233 e. The van der Waals surface area contributed by atoms with Crippen molar-refractivity contribution in [1.29, 1.82) is 0 Å². The highest BCUT2D eigenvalue weighted by Crippen LogP contribution is 2.52. The molecule has 0 radical (unpaired) electrons. The lowest BCUT2D eigenvalue weighted by Gasteiger charge is -2.21. The molecule has 0 aromatic carbocycles. The van der Waals surface area contributed by atoms with Gasteiger partial charge in [-0.1, -0.05) is 12.2 Å². The lowest BCUT2D eigenvalue weighted by atomic mass is 9.85. The average molecular weight is 417 g/mol. The monoisotopic (exact) mass is 416 g/mol. The standard InChI is InChI=1S/C22H36N6O2/c1-23-22(24-7-3-10-27-11-4-9-26(2)13-14-27)25-8-12-28-20(29)18-16-5-6-17(15-16)19(18)21(28)30/h5-6,16-19H,3-4,7-15H2,1-2H3,(H2,23,24,25). The molecule has 2 aliphatic carbocycles. The zero-order valence-electron chi connectivity index (χ0n) is 18.3. The lowest BCUT2D eigenvalue weighted by molar-refractivity contribution is -0.140. The quantitative estimate of drug-likeness (QED) is 0.200. The van der Waals surface area contributed by atoms with Crippen LogP contribution in [-0.2, 0) is 9.59 Å². The molecule has 4 rings (SSSR count). The van der Waals surface area contributed by atoms with Gasteiger partial charge in [-0.25, -0.2) is 0 Å². The Hall–Kier alpha value is -1.93. The van der Waals surface area contributed by atoms with Crippen LogP contribution in [0.15, 0.2) is 17.1 Å². The van der Waals surface area contributed by atoms with Crippen LogP contribution in [-0.4, -0.2) is 98.9 Å². The van der Waals surface area contributed by atoms with Crippen molar-refractivity contribution in [3.05, 3.63) is 12.2 Å². The van der Waals surface area contributed by atoms with Crippen LogP contribution in [0.2, 0.25) is 0 Å². The molecule has 0 aromatic heterocycles. The van der Waals surface area contributed by atoms with Crippen molar-refractivity contribution in [2.45, 2.75) is 19.3 Å². The third-order valence-corrected chi connectivity index (χ3v) is 7.17. The van der Waals surface area contributed by atoms with Crippen LogP contribution >= 0.6 is 0 Å². The molecule has 2 amide bonds. The molecular weight excluding hydrogens is 380 g/mol. The highest BCUT2D eigenvalue weighted by Gasteiger charge is 2.58. The van der Waals surface area contributed by atoms with E-state index in [9.17, 15) is 9.59 Å². The first kappa shape index (κ1) is 21.3. The number of likely N-dealkylation sites (tertiary alicyclic amines) is 1. The van der Waals surface area contributed by atoms with E-state index in [2.05, 4.69) is 44.6 Å². The largest absolute Gasteiger partial charge is 0.356 e. The topological polar surface area (TPSA) is 80.3 Å². The Morgan fingerprint density at radius 3 is 2.40 bits per heavy atom. The van der Waals surface area contributed by atoms with Crippen molar-refractivity contribution < 1.29 is 9.59 Å². The van der Waals surface area contributed by atoms with Gasteiger partial charge in [0.25, 0.3) is 0 Å². The number of hydrogen-bond acceptors (Lipinski definition) is 5. The molecule has 30 heavy (non-hydrogen) atoms. The maximum atomic E-state index is 12.7. The first-order valence-corrected chi connectivity index (χ1v) is 11.5. The van der Waals surface area contributed by atoms with Crippen LogP contribution in [0.25, 0.3) is 0 Å². The number of nitrogens with zero attached hydrogens (tertiary/aromatic N) is 4. The number of guanidine groups is 1. The van der Waals surface area contributed by atoms with Crippen molar-refractivity contribution >= 4 is 17.8 Å². The third-order valence-electron chi connectivity index (χ3n) is 7.17. The molecule has 3 fully saturated rings. The molecule has 166 valence electrons. The van der Waals surface area contributed by atoms with Crippen LogP contribution in [0, 0.1) is 23.7 Å². The molecule has 0 spiro atoms. The van der Waals surface area contributed by atoms with Gasteiger partial charge in [0, 0.05) is 39.8 Å². The molecule has 2 N–H and O–H groups in total. The Morgan fingerprint density at radius 2 is 1.70 bits per heavy atom. The van der Waals surface area contributed by atoms with E-state index in [0.29, 0.717) is 13.1 Å². The van der Waals surface area contributed by atoms with E-state index in [-0.39, 0.29) is 35.5 Å². The summed E-state index contributed by atoms with van der Waals surface area (Å²) < 4.78 is 0. The van der Waals surface area contributed by atoms with Gasteiger partial charge in [0.1, 0.15) is 0 Å². The molecule has 8 heteroatoms. The fourth-order valence-electron chi connectivity index (χ4n) is 5.52. The third kappa shape index (κ3) is 4.39. The van der Waals surface area contributed by atoms with Gasteiger partial charge in [-0.2, -0.15) is 0 Å². The molecule has 4 unspecified atom stereocenters. The van der Waals surface area contributed by atoms with Gasteiger partial charge in [-0.05, 0) is 57.8 Å². The van der Waals surface area contributed by atoms with Crippen molar-refractivity contribution in [2.24, 2.45) is 28.7 Å². The summed E-state index contributed by atoms with van der Waals surface area (Å²) in [4.78, 5) is 36.1. The van der Waals surface area contributed by atoms with E-state index < -0.39 is 0 Å². The number of aliphatic imine (C=N–C) groups is 1. The van der Waals surface area contributed by atoms with Gasteiger partial charge in [0.05, 0.1) is 11.8 Å². The summed E-state index contributed by atoms with van der Waals surface area (Å²) in [6.07, 6.45) is 7.54. The predicted molar refractivity (Wildman–Crippen MR) is 117 cm³/mol. The van der Waals surface area contributed by atoms with Crippen molar-refractivity contribution in [1.82, 2.24) is 25.3 Å². The van der Waals surface area contributed by atoms with Gasteiger partial charge in [-0.3, -0.25) is 19.5 Å². The number of imide groups is 1. The Morgan fingerprint density at radius 1 is 1.00 bits per heavy atom. The van der Waals surface area contributed by atoms with Gasteiger partial charge in [0.15, 0.2) is 5.96 Å². The van der Waals surface area contributed by atoms with E-state index in [4.69, 9.17) is 0 Å². The maximum absolute atomic E-state index is 12.7. The molecule has 4 aliphatic rings. The van der Waals surface area contributed by atoms with Gasteiger partial charge >= 0.3 is 0 Å². The van der Waals surface area contributed by atoms with Gasteiger partial charge in [0.2, 0.25) is 11.8 Å². The second kappa shape index (κ2) is 9.47. The summed E-state index contributed by atoms with van der Waals surface area (Å²) in [5.74, 6) is 1.10. The molecule has 2 heterocycles. The molecule has 2 bridgehead atoms. The Labute approximate surface area is 179 Å². The maximum Gasteiger partial charge on any atom is 0.233 e. The average Bonchev–Trinajstić information content (AvgIpc) is 3.37. The van der Waals surface area contributed by atoms with Gasteiger partial charge < -0.3 is 20.4 Å². The molecule has 4 atom stereocenters. The summed E-state index contributed by atoms with van der Waals surface area (Å²) in [5, 5.41) is 6.60. The second-order valence-corrected chi connectivity index (χ2v) is 9.11. The van der Waals surface area contributed by atoms with Crippen LogP contribution in [0.5, 0.6) is 0 Å². The fourth-order valence-corrected chi connectivity index (χ4v) is 5.52. The highest BCUT2D eigenvalue weighted by atomic mass is 16.2. The number of carbonyl (C=O) groups excluding carboxylic acids is 2. The molecule has 0 aromatic rings. The van der Waals surface area contributed by atoms with E-state index in [1.54, 1.807) is 7.05 Å². The zero-order valence-corrected chi connectivity index (χ0v) is 18.3. The number of rotatable bonds is 7. The number of allylic oxidation sites excluding steroid dienone is 2. The SMILES string of the molecule is CN=C(NCCCN1CCCN(C)CC1)NCCN1C(=O)C2C3C=CC(C3)C2C1=O. The van der Waals surface area contributed by atoms with E-state index in [0.717, 1.165) is 45.0 Å². The molecule has 2 aliphatic heterocycles. The summed E-state index contributed by atoms with van der Waals surface area (Å²) in [5.41, 5.74) is 0. The number of carbonyl (C=O) groups is 2. The van der Waals surface area contributed by atoms with E-state index in [1.165, 1.54) is 24.4 Å². The number of fused-ring (bicyclic) bond motifs is 5. The second-order valence-electron chi connectivity index (χ2n) is 9.11. The molecule has 1 saturated carbocycles. The van der Waals surface area contributed by atoms with Crippen molar-refractivity contribution in [2.75, 3.05) is 66.5 Å². The van der Waals surface area contributed by atoms with Crippen molar-refractivity contribution in [3.8, 4) is 0 Å². The van der Waals surface area contributed by atoms with Crippen LogP contribution in [0.3, 0.4) is 0 Å². The molecule has 8 nitrogen and oxygen atoms in total. The first-order valence-electron chi connectivity index (χ1n) is 11.5. The first-order chi connectivity index (χ1) is 14.6. The molecular formula is C22H36N6O2. The van der Waals surface area contributed by atoms with Crippen molar-refractivity contribution in [3.63, 3.8) is 0 Å². The van der Waals surface area contributed by atoms with E-state index >= 15 is 0 Å². The zero-order chi connectivity index (χ0) is 21.1. The number of amides is 2. The van der Waals surface area contributed by atoms with Crippen LogP contribution < -0.4 is 10.6 Å². The normalized spacial score (nSPS) is 32.1. The lowest BCUT2D eigenvalue weighted by Crippen LogP contribution is -2.44. The Kier molecular flexibility index (Phi) is 6.73. The summed E-state index contributed by atoms with van der Waals surface area (Å²) in [7, 11) is 3.94. The minimum atomic E-state index is -0.108. The predicted octanol–water partition coefficient (Wildman–Crippen LogP) is -0.0139. The highest BCUT2D eigenvalue weighted by molar-refractivity contribution is 6.06. The number of nitrogens with one attached hydrogen (secondary N) is 2. The Balaban J connectivity index is 1.14. The molecule has 2 saturated heterocycles.